The molecule has 0 fully saturated rings. The maximum absolute atomic E-state index is 13.2. The SMILES string of the molecule is CCCNC(=O)C(CNC(=O)CCC(=O)N1Cc2ccccc2C#Cc2ccccc21)S(=O)(=O)O. The molecule has 3 amide bonds. The Hall–Kier alpha value is -3.68. The minimum Gasteiger partial charge on any atom is -0.355 e. The number of hydrogen-bond acceptors (Lipinski definition) is 5. The third-order valence-electron chi connectivity index (χ3n) is 5.43. The molecule has 184 valence electrons. The first-order valence-electron chi connectivity index (χ1n) is 11.2. The Bertz CT molecular complexity index is 1280. The minimum absolute atomic E-state index is 0.145. The molecule has 1 unspecified atom stereocenters. The molecule has 2 aromatic carbocycles. The molecular weight excluding hydrogens is 470 g/mol. The van der Waals surface area contributed by atoms with Gasteiger partial charge in [-0.3, -0.25) is 18.9 Å². The van der Waals surface area contributed by atoms with Crippen LogP contribution in [0.25, 0.3) is 0 Å². The number of nitrogens with zero attached hydrogens (tertiary/aromatic N) is 1. The van der Waals surface area contributed by atoms with Gasteiger partial charge in [0.2, 0.25) is 17.7 Å². The number of carbonyl (C=O) groups is 3. The number of amides is 3. The summed E-state index contributed by atoms with van der Waals surface area (Å²) in [5.41, 5.74) is 3.02. The molecule has 9 nitrogen and oxygen atoms in total. The fraction of sp³-hybridized carbons (Fsp3) is 0.320. The van der Waals surface area contributed by atoms with Crippen LogP contribution in [0.4, 0.5) is 5.69 Å². The van der Waals surface area contributed by atoms with E-state index in [1.807, 2.05) is 36.4 Å². The van der Waals surface area contributed by atoms with Crippen molar-refractivity contribution in [2.24, 2.45) is 0 Å². The average molecular weight is 498 g/mol. The van der Waals surface area contributed by atoms with Gasteiger partial charge in [-0.1, -0.05) is 49.1 Å². The van der Waals surface area contributed by atoms with Gasteiger partial charge in [-0.15, -0.1) is 0 Å². The van der Waals surface area contributed by atoms with Crippen molar-refractivity contribution in [2.75, 3.05) is 18.0 Å². The van der Waals surface area contributed by atoms with Gasteiger partial charge in [-0.05, 0) is 30.2 Å². The maximum Gasteiger partial charge on any atom is 0.278 e. The Balaban J connectivity index is 1.67. The second-order valence-corrected chi connectivity index (χ2v) is 9.60. The molecule has 0 saturated carbocycles. The molecule has 0 aromatic heterocycles. The van der Waals surface area contributed by atoms with Crippen LogP contribution in [-0.2, 0) is 31.0 Å². The van der Waals surface area contributed by atoms with E-state index in [1.165, 1.54) is 0 Å². The van der Waals surface area contributed by atoms with Crippen molar-refractivity contribution in [1.82, 2.24) is 10.6 Å². The van der Waals surface area contributed by atoms with Crippen LogP contribution >= 0.6 is 0 Å². The largest absolute Gasteiger partial charge is 0.355 e. The van der Waals surface area contributed by atoms with Gasteiger partial charge in [-0.2, -0.15) is 8.42 Å². The van der Waals surface area contributed by atoms with Gasteiger partial charge in [0, 0.05) is 37.1 Å². The topological polar surface area (TPSA) is 133 Å². The second-order valence-electron chi connectivity index (χ2n) is 8.00. The molecule has 3 N–H and O–H groups in total. The van der Waals surface area contributed by atoms with Crippen molar-refractivity contribution in [3.8, 4) is 11.8 Å². The number of rotatable bonds is 9. The zero-order valence-electron chi connectivity index (χ0n) is 19.3. The van der Waals surface area contributed by atoms with Crippen molar-refractivity contribution in [2.45, 2.75) is 38.0 Å². The van der Waals surface area contributed by atoms with Crippen LogP contribution in [0.15, 0.2) is 48.5 Å². The predicted molar refractivity (Wildman–Crippen MR) is 131 cm³/mol. The van der Waals surface area contributed by atoms with E-state index in [-0.39, 0.29) is 31.8 Å². The second kappa shape index (κ2) is 11.6. The van der Waals surface area contributed by atoms with Gasteiger partial charge in [0.05, 0.1) is 12.2 Å². The van der Waals surface area contributed by atoms with Crippen LogP contribution in [-0.4, -0.2) is 49.0 Å². The lowest BCUT2D eigenvalue weighted by molar-refractivity contribution is -0.125. The first kappa shape index (κ1) is 25.9. The average Bonchev–Trinajstić information content (AvgIpc) is 2.82. The molecule has 1 atom stereocenters. The molecule has 0 radical (unpaired) electrons. The van der Waals surface area contributed by atoms with E-state index in [2.05, 4.69) is 22.5 Å². The Morgan fingerprint density at radius 1 is 1.00 bits per heavy atom. The van der Waals surface area contributed by atoms with Crippen LogP contribution in [0.3, 0.4) is 0 Å². The molecule has 1 aliphatic heterocycles. The number of hydrogen-bond donors (Lipinski definition) is 3. The summed E-state index contributed by atoms with van der Waals surface area (Å²) < 4.78 is 32.5. The van der Waals surface area contributed by atoms with E-state index >= 15 is 0 Å². The lowest BCUT2D eigenvalue weighted by atomic mass is 10.0. The van der Waals surface area contributed by atoms with Crippen molar-refractivity contribution in [3.05, 3.63) is 65.2 Å². The number of nitrogens with one attached hydrogen (secondary N) is 2. The zero-order chi connectivity index (χ0) is 25.4. The summed E-state index contributed by atoms with van der Waals surface area (Å²) in [6.07, 6.45) is 0.210. The number of benzene rings is 2. The fourth-order valence-corrected chi connectivity index (χ4v) is 4.20. The monoisotopic (exact) mass is 497 g/mol. The third-order valence-corrected chi connectivity index (χ3v) is 6.53. The van der Waals surface area contributed by atoms with E-state index in [4.69, 9.17) is 0 Å². The number of para-hydroxylation sites is 1. The molecule has 35 heavy (non-hydrogen) atoms. The van der Waals surface area contributed by atoms with E-state index in [1.54, 1.807) is 24.0 Å². The summed E-state index contributed by atoms with van der Waals surface area (Å²) in [5.74, 6) is 4.42. The van der Waals surface area contributed by atoms with Gasteiger partial charge in [0.1, 0.15) is 0 Å². The number of fused-ring (bicyclic) bond motifs is 2. The highest BCUT2D eigenvalue weighted by atomic mass is 32.2. The first-order valence-corrected chi connectivity index (χ1v) is 12.7. The highest BCUT2D eigenvalue weighted by molar-refractivity contribution is 7.87. The highest BCUT2D eigenvalue weighted by Crippen LogP contribution is 2.26. The van der Waals surface area contributed by atoms with Crippen molar-refractivity contribution in [1.29, 1.82) is 0 Å². The predicted octanol–water partition coefficient (Wildman–Crippen LogP) is 1.61. The van der Waals surface area contributed by atoms with Crippen LogP contribution in [0, 0.1) is 11.8 Å². The van der Waals surface area contributed by atoms with Crippen LogP contribution in [0.5, 0.6) is 0 Å². The van der Waals surface area contributed by atoms with Crippen molar-refractivity contribution >= 4 is 33.5 Å². The summed E-state index contributed by atoms with van der Waals surface area (Å²) in [6.45, 7) is 1.71. The first-order chi connectivity index (χ1) is 16.7. The molecule has 1 aliphatic rings. The van der Waals surface area contributed by atoms with Crippen LogP contribution in [0.1, 0.15) is 42.9 Å². The molecule has 1 heterocycles. The summed E-state index contributed by atoms with van der Waals surface area (Å²) in [4.78, 5) is 39.1. The standard InChI is InChI=1S/C25H27N3O6S/c1-2-15-26-25(31)22(35(32,33)34)16-27-23(29)13-14-24(30)28-17-20-9-4-3-7-18(20)11-12-19-8-5-6-10-21(19)28/h3-10,22H,2,13-17H2,1H3,(H,26,31)(H,27,29)(H,32,33,34). The Morgan fingerprint density at radius 2 is 1.66 bits per heavy atom. The van der Waals surface area contributed by atoms with Crippen molar-refractivity contribution < 1.29 is 27.4 Å². The Labute approximate surface area is 204 Å². The Morgan fingerprint density at radius 3 is 2.37 bits per heavy atom. The third kappa shape index (κ3) is 6.91. The molecule has 0 spiro atoms. The van der Waals surface area contributed by atoms with E-state index in [0.29, 0.717) is 17.7 Å². The zero-order valence-corrected chi connectivity index (χ0v) is 20.1. The minimum atomic E-state index is -4.72. The van der Waals surface area contributed by atoms with Gasteiger partial charge in [0.25, 0.3) is 10.1 Å². The smallest absolute Gasteiger partial charge is 0.278 e. The molecule has 2 aromatic rings. The summed E-state index contributed by atoms with van der Waals surface area (Å²) in [6, 6.07) is 14.8. The van der Waals surface area contributed by atoms with Crippen LogP contribution < -0.4 is 15.5 Å². The molecule has 0 bridgehead atoms. The Kier molecular flexibility index (Phi) is 8.63. The molecule has 0 aliphatic carbocycles. The van der Waals surface area contributed by atoms with E-state index in [9.17, 15) is 27.4 Å². The lowest BCUT2D eigenvalue weighted by Crippen LogP contribution is -2.47. The molecule has 3 rings (SSSR count). The highest BCUT2D eigenvalue weighted by Gasteiger charge is 2.31. The molecule has 10 heteroatoms. The molecular formula is C25H27N3O6S. The van der Waals surface area contributed by atoms with Crippen LogP contribution in [0.2, 0.25) is 0 Å². The van der Waals surface area contributed by atoms with E-state index in [0.717, 1.165) is 11.1 Å². The quantitative estimate of drug-likeness (QED) is 0.356. The van der Waals surface area contributed by atoms with E-state index < -0.39 is 33.7 Å². The fourth-order valence-electron chi connectivity index (χ4n) is 3.55. The summed E-state index contributed by atoms with van der Waals surface area (Å²) >= 11 is 0. The van der Waals surface area contributed by atoms with Gasteiger partial charge >= 0.3 is 0 Å². The summed E-state index contributed by atoms with van der Waals surface area (Å²) in [7, 11) is -4.72. The lowest BCUT2D eigenvalue weighted by Gasteiger charge is -2.26. The maximum atomic E-state index is 13.2. The number of carbonyl (C=O) groups excluding carboxylic acids is 3. The van der Waals surface area contributed by atoms with Gasteiger partial charge in [-0.25, -0.2) is 0 Å². The summed E-state index contributed by atoms with van der Waals surface area (Å²) in [5, 5.41) is 2.88. The molecule has 0 saturated heterocycles. The normalized spacial score (nSPS) is 13.1. The van der Waals surface area contributed by atoms with Crippen molar-refractivity contribution in [3.63, 3.8) is 0 Å². The van der Waals surface area contributed by atoms with Gasteiger partial charge < -0.3 is 15.5 Å². The number of anilines is 1. The van der Waals surface area contributed by atoms with Gasteiger partial charge in [0.15, 0.2) is 5.25 Å².